The van der Waals surface area contributed by atoms with Gasteiger partial charge in [-0.15, -0.1) is 11.3 Å². The molecule has 23 heavy (non-hydrogen) atoms. The molecular formula is C18H20N2O2S. The van der Waals surface area contributed by atoms with Gasteiger partial charge in [-0.05, 0) is 47.9 Å². The van der Waals surface area contributed by atoms with Gasteiger partial charge in [0.2, 0.25) is 5.91 Å². The number of hydrogen-bond acceptors (Lipinski definition) is 4. The van der Waals surface area contributed by atoms with Crippen molar-refractivity contribution >= 4 is 23.3 Å². The van der Waals surface area contributed by atoms with E-state index in [0.29, 0.717) is 5.92 Å². The second-order valence-corrected chi connectivity index (χ2v) is 6.55. The van der Waals surface area contributed by atoms with E-state index >= 15 is 0 Å². The van der Waals surface area contributed by atoms with Crippen LogP contribution in [-0.4, -0.2) is 24.1 Å². The first-order valence-corrected chi connectivity index (χ1v) is 8.70. The molecule has 2 aromatic rings. The molecule has 0 spiro atoms. The molecule has 0 radical (unpaired) electrons. The number of ether oxygens (including phenoxy) is 1. The highest BCUT2D eigenvalue weighted by Gasteiger charge is 2.26. The van der Waals surface area contributed by atoms with E-state index < -0.39 is 0 Å². The summed E-state index contributed by atoms with van der Waals surface area (Å²) in [6.45, 7) is 1.50. The Bertz CT molecular complexity index is 634. The summed E-state index contributed by atoms with van der Waals surface area (Å²) in [5.74, 6) is 0.311. The van der Waals surface area contributed by atoms with Crippen molar-refractivity contribution in [1.29, 1.82) is 0 Å². The zero-order chi connectivity index (χ0) is 15.9. The third-order valence-electron chi connectivity index (χ3n) is 4.02. The fourth-order valence-electron chi connectivity index (χ4n) is 2.83. The van der Waals surface area contributed by atoms with Gasteiger partial charge in [-0.2, -0.15) is 0 Å². The number of amides is 1. The molecule has 1 saturated heterocycles. The summed E-state index contributed by atoms with van der Waals surface area (Å²) in [7, 11) is 0. The van der Waals surface area contributed by atoms with Crippen LogP contribution in [0.5, 0.6) is 0 Å². The lowest BCUT2D eigenvalue weighted by atomic mass is 9.87. The van der Waals surface area contributed by atoms with Crippen LogP contribution >= 0.6 is 11.3 Å². The van der Waals surface area contributed by atoms with Crippen LogP contribution in [-0.2, 0) is 9.53 Å². The topological polar surface area (TPSA) is 51.2 Å². The van der Waals surface area contributed by atoms with Crippen molar-refractivity contribution in [3.63, 3.8) is 0 Å². The standard InChI is InChI=1S/C18H20N2O2S/c21-17(6-5-16-4-2-12-23-16)20-18(14-7-10-22-11-8-14)15-3-1-9-19-13-15/h1-6,9,12-14,18H,7-8,10-11H2,(H,20,21)/b6-5+/t18-/m0/s1. The van der Waals surface area contributed by atoms with Crippen molar-refractivity contribution in [2.75, 3.05) is 13.2 Å². The second-order valence-electron chi connectivity index (χ2n) is 5.57. The Hall–Kier alpha value is -1.98. The predicted octanol–water partition coefficient (Wildman–Crippen LogP) is 3.44. The summed E-state index contributed by atoms with van der Waals surface area (Å²) in [4.78, 5) is 17.6. The molecule has 1 fully saturated rings. The molecule has 0 aliphatic carbocycles. The molecule has 3 heterocycles. The van der Waals surface area contributed by atoms with E-state index in [0.717, 1.165) is 36.5 Å². The summed E-state index contributed by atoms with van der Waals surface area (Å²) in [6.07, 6.45) is 8.95. The van der Waals surface area contributed by atoms with Crippen LogP contribution in [0.2, 0.25) is 0 Å². The van der Waals surface area contributed by atoms with E-state index in [-0.39, 0.29) is 11.9 Å². The zero-order valence-corrected chi connectivity index (χ0v) is 13.7. The molecule has 5 heteroatoms. The monoisotopic (exact) mass is 328 g/mol. The van der Waals surface area contributed by atoms with Crippen LogP contribution in [0.4, 0.5) is 0 Å². The smallest absolute Gasteiger partial charge is 0.244 e. The highest BCUT2D eigenvalue weighted by Crippen LogP contribution is 2.29. The second kappa shape index (κ2) is 8.04. The van der Waals surface area contributed by atoms with Gasteiger partial charge in [0.25, 0.3) is 0 Å². The van der Waals surface area contributed by atoms with Gasteiger partial charge in [0.05, 0.1) is 6.04 Å². The van der Waals surface area contributed by atoms with Crippen molar-refractivity contribution in [1.82, 2.24) is 10.3 Å². The molecule has 120 valence electrons. The summed E-state index contributed by atoms with van der Waals surface area (Å²) in [5.41, 5.74) is 1.05. The van der Waals surface area contributed by atoms with Gasteiger partial charge in [0.1, 0.15) is 0 Å². The number of carbonyl (C=O) groups excluding carboxylic acids is 1. The van der Waals surface area contributed by atoms with Gasteiger partial charge in [0.15, 0.2) is 0 Å². The predicted molar refractivity (Wildman–Crippen MR) is 92.0 cm³/mol. The first kappa shape index (κ1) is 15.9. The lowest BCUT2D eigenvalue weighted by Crippen LogP contribution is -2.35. The average Bonchev–Trinajstić information content (AvgIpc) is 3.13. The molecule has 1 aliphatic heterocycles. The third-order valence-corrected chi connectivity index (χ3v) is 4.86. The molecule has 3 rings (SSSR count). The largest absolute Gasteiger partial charge is 0.381 e. The molecule has 0 bridgehead atoms. The van der Waals surface area contributed by atoms with E-state index in [2.05, 4.69) is 10.3 Å². The van der Waals surface area contributed by atoms with Crippen molar-refractivity contribution in [3.8, 4) is 0 Å². The van der Waals surface area contributed by atoms with Gasteiger partial charge in [-0.1, -0.05) is 12.1 Å². The lowest BCUT2D eigenvalue weighted by molar-refractivity contribution is -0.117. The Balaban J connectivity index is 1.71. The van der Waals surface area contributed by atoms with Crippen LogP contribution in [0, 0.1) is 5.92 Å². The molecule has 1 atom stereocenters. The van der Waals surface area contributed by atoms with Crippen molar-refractivity contribution < 1.29 is 9.53 Å². The summed E-state index contributed by atoms with van der Waals surface area (Å²) >= 11 is 1.61. The average molecular weight is 328 g/mol. The van der Waals surface area contributed by atoms with Gasteiger partial charge in [0, 0.05) is 36.6 Å². The minimum Gasteiger partial charge on any atom is -0.381 e. The van der Waals surface area contributed by atoms with E-state index in [9.17, 15) is 4.79 Å². The Morgan fingerprint density at radius 3 is 2.91 bits per heavy atom. The van der Waals surface area contributed by atoms with Gasteiger partial charge >= 0.3 is 0 Å². The molecule has 1 N–H and O–H groups in total. The van der Waals surface area contributed by atoms with E-state index in [1.807, 2.05) is 41.9 Å². The minimum absolute atomic E-state index is 0.0203. The Morgan fingerprint density at radius 2 is 2.22 bits per heavy atom. The quantitative estimate of drug-likeness (QED) is 0.856. The Kier molecular flexibility index (Phi) is 5.56. The fraction of sp³-hybridized carbons (Fsp3) is 0.333. The maximum absolute atomic E-state index is 12.3. The van der Waals surface area contributed by atoms with Gasteiger partial charge < -0.3 is 10.1 Å². The number of carbonyl (C=O) groups is 1. The number of aromatic nitrogens is 1. The molecule has 1 amide bonds. The molecular weight excluding hydrogens is 308 g/mol. The third kappa shape index (κ3) is 4.50. The Labute approximate surface area is 140 Å². The van der Waals surface area contributed by atoms with Crippen molar-refractivity contribution in [3.05, 3.63) is 58.6 Å². The maximum atomic E-state index is 12.3. The zero-order valence-electron chi connectivity index (χ0n) is 12.9. The van der Waals surface area contributed by atoms with Crippen LogP contribution in [0.15, 0.2) is 48.1 Å². The summed E-state index contributed by atoms with van der Waals surface area (Å²) < 4.78 is 5.45. The summed E-state index contributed by atoms with van der Waals surface area (Å²) in [6, 6.07) is 7.88. The molecule has 2 aromatic heterocycles. The first-order chi connectivity index (χ1) is 11.3. The van der Waals surface area contributed by atoms with Crippen molar-refractivity contribution in [2.45, 2.75) is 18.9 Å². The number of pyridine rings is 1. The Morgan fingerprint density at radius 1 is 1.35 bits per heavy atom. The molecule has 1 aliphatic rings. The van der Waals surface area contributed by atoms with Crippen molar-refractivity contribution in [2.24, 2.45) is 5.92 Å². The highest BCUT2D eigenvalue weighted by molar-refractivity contribution is 7.10. The van der Waals surface area contributed by atoms with Crippen LogP contribution in [0.25, 0.3) is 6.08 Å². The number of rotatable bonds is 5. The van der Waals surface area contributed by atoms with Crippen LogP contribution in [0.3, 0.4) is 0 Å². The number of thiophene rings is 1. The number of hydrogen-bond donors (Lipinski definition) is 1. The first-order valence-electron chi connectivity index (χ1n) is 7.82. The maximum Gasteiger partial charge on any atom is 0.244 e. The van der Waals surface area contributed by atoms with E-state index in [1.54, 1.807) is 23.6 Å². The summed E-state index contributed by atoms with van der Waals surface area (Å²) in [5, 5.41) is 5.15. The number of nitrogens with zero attached hydrogens (tertiary/aromatic N) is 1. The SMILES string of the molecule is O=C(/C=C/c1cccs1)N[C@H](c1cccnc1)C1CCOCC1. The van der Waals surface area contributed by atoms with E-state index in [1.165, 1.54) is 0 Å². The molecule has 0 saturated carbocycles. The highest BCUT2D eigenvalue weighted by atomic mass is 32.1. The van der Waals surface area contributed by atoms with E-state index in [4.69, 9.17) is 4.74 Å². The van der Waals surface area contributed by atoms with Crippen LogP contribution in [0.1, 0.15) is 29.3 Å². The van der Waals surface area contributed by atoms with Gasteiger partial charge in [-0.3, -0.25) is 9.78 Å². The number of nitrogens with one attached hydrogen (secondary N) is 1. The fourth-order valence-corrected chi connectivity index (χ4v) is 3.45. The minimum atomic E-state index is -0.0706. The molecule has 0 aromatic carbocycles. The van der Waals surface area contributed by atoms with Crippen LogP contribution < -0.4 is 5.32 Å². The lowest BCUT2D eigenvalue weighted by Gasteiger charge is -2.30. The molecule has 4 nitrogen and oxygen atoms in total. The molecule has 0 unspecified atom stereocenters. The normalized spacial score (nSPS) is 17.2. The van der Waals surface area contributed by atoms with Gasteiger partial charge in [-0.25, -0.2) is 0 Å².